The highest BCUT2D eigenvalue weighted by atomic mass is 35.5. The molecule has 2 nitrogen and oxygen atoms in total. The van der Waals surface area contributed by atoms with Gasteiger partial charge in [-0.2, -0.15) is 0 Å². The van der Waals surface area contributed by atoms with Crippen molar-refractivity contribution in [1.29, 1.82) is 0 Å². The molecule has 0 rings (SSSR count). The van der Waals surface area contributed by atoms with Gasteiger partial charge in [-0.25, -0.2) is 0 Å². The molecule has 0 saturated heterocycles. The van der Waals surface area contributed by atoms with Crippen LogP contribution in [-0.2, 0) is 9.59 Å². The minimum absolute atomic E-state index is 0.544. The largest absolute Gasteiger partial charge is 0.276 e. The predicted molar refractivity (Wildman–Crippen MR) is 49.1 cm³/mol. The Labute approximate surface area is 80.2 Å². The average molecular weight is 205 g/mol. The number of allylic oxidation sites excluding steroid dienone is 6. The maximum atomic E-state index is 10.1. The van der Waals surface area contributed by atoms with Gasteiger partial charge in [0.25, 0.3) is 0 Å². The normalized spacial score (nSPS) is 11.8. The summed E-state index contributed by atoms with van der Waals surface area (Å²) < 4.78 is 0. The topological polar surface area (TPSA) is 34.1 Å². The van der Waals surface area contributed by atoms with Crippen LogP contribution in [0.1, 0.15) is 0 Å². The summed E-state index contributed by atoms with van der Waals surface area (Å²) in [6.07, 6.45) is 8.40. The standard InChI is InChI=1S/C8H6Cl2O2/c9-7(11)5-3-1-2-4-6-8(10)12/h1-6H/b2-1+,5-3+,6-4+. The van der Waals surface area contributed by atoms with Crippen LogP contribution in [0.2, 0.25) is 0 Å². The van der Waals surface area contributed by atoms with E-state index < -0.39 is 10.5 Å². The molecule has 0 aliphatic rings. The first kappa shape index (κ1) is 11.1. The molecule has 64 valence electrons. The van der Waals surface area contributed by atoms with Crippen LogP contribution in [0.5, 0.6) is 0 Å². The van der Waals surface area contributed by atoms with E-state index >= 15 is 0 Å². The van der Waals surface area contributed by atoms with E-state index in [1.165, 1.54) is 24.3 Å². The first-order chi connectivity index (χ1) is 5.63. The molecule has 0 aromatic carbocycles. The van der Waals surface area contributed by atoms with E-state index in [1.807, 2.05) is 0 Å². The number of carbonyl (C=O) groups excluding carboxylic acids is 2. The van der Waals surface area contributed by atoms with Crippen LogP contribution in [0, 0.1) is 0 Å². The van der Waals surface area contributed by atoms with Crippen molar-refractivity contribution in [1.82, 2.24) is 0 Å². The molecule has 0 radical (unpaired) electrons. The molecular weight excluding hydrogens is 199 g/mol. The monoisotopic (exact) mass is 204 g/mol. The molecule has 0 atom stereocenters. The first-order valence-electron chi connectivity index (χ1n) is 3.03. The molecular formula is C8H6Cl2O2. The van der Waals surface area contributed by atoms with E-state index in [0.717, 1.165) is 0 Å². The molecule has 0 fully saturated rings. The Morgan fingerprint density at radius 3 is 1.33 bits per heavy atom. The molecule has 12 heavy (non-hydrogen) atoms. The van der Waals surface area contributed by atoms with Gasteiger partial charge in [-0.15, -0.1) is 0 Å². The van der Waals surface area contributed by atoms with Gasteiger partial charge in [-0.3, -0.25) is 9.59 Å². The molecule has 0 aromatic heterocycles. The number of rotatable bonds is 4. The Balaban J connectivity index is 3.78. The fraction of sp³-hybridized carbons (Fsp3) is 0. The van der Waals surface area contributed by atoms with Crippen molar-refractivity contribution < 1.29 is 9.59 Å². The summed E-state index contributed by atoms with van der Waals surface area (Å²) in [5, 5.41) is -1.09. The van der Waals surface area contributed by atoms with E-state index in [2.05, 4.69) is 0 Å². The van der Waals surface area contributed by atoms with Crippen molar-refractivity contribution in [2.45, 2.75) is 0 Å². The van der Waals surface area contributed by atoms with E-state index in [9.17, 15) is 9.59 Å². The second kappa shape index (κ2) is 6.83. The predicted octanol–water partition coefficient (Wildman–Crippen LogP) is 2.19. The molecule has 0 saturated carbocycles. The summed E-state index contributed by atoms with van der Waals surface area (Å²) in [6, 6.07) is 0. The molecule has 0 aliphatic carbocycles. The zero-order valence-corrected chi connectivity index (χ0v) is 7.55. The summed E-state index contributed by atoms with van der Waals surface area (Å²) >= 11 is 9.98. The van der Waals surface area contributed by atoms with Crippen LogP contribution in [0.3, 0.4) is 0 Å². The lowest BCUT2D eigenvalue weighted by Gasteiger charge is -1.73. The zero-order valence-electron chi connectivity index (χ0n) is 6.04. The quantitative estimate of drug-likeness (QED) is 0.400. The van der Waals surface area contributed by atoms with Gasteiger partial charge in [0.05, 0.1) is 0 Å². The molecule has 0 amide bonds. The Kier molecular flexibility index (Phi) is 6.34. The highest BCUT2D eigenvalue weighted by Gasteiger charge is 1.81. The second-order valence-electron chi connectivity index (χ2n) is 1.71. The molecule has 0 aromatic rings. The summed E-state index contributed by atoms with van der Waals surface area (Å²) in [5.74, 6) is 0. The molecule has 0 aliphatic heterocycles. The van der Waals surface area contributed by atoms with Gasteiger partial charge >= 0.3 is 0 Å². The van der Waals surface area contributed by atoms with E-state index in [4.69, 9.17) is 23.2 Å². The van der Waals surface area contributed by atoms with E-state index in [0.29, 0.717) is 0 Å². The molecule has 4 heteroatoms. The third kappa shape index (κ3) is 9.14. The van der Waals surface area contributed by atoms with Gasteiger partial charge in [0.1, 0.15) is 0 Å². The van der Waals surface area contributed by atoms with Crippen LogP contribution in [0.25, 0.3) is 0 Å². The van der Waals surface area contributed by atoms with Crippen LogP contribution in [0.4, 0.5) is 0 Å². The summed E-state index contributed by atoms with van der Waals surface area (Å²) in [7, 11) is 0. The second-order valence-corrected chi connectivity index (χ2v) is 2.46. The van der Waals surface area contributed by atoms with Gasteiger partial charge in [0, 0.05) is 0 Å². The third-order valence-electron chi connectivity index (χ3n) is 0.788. The minimum atomic E-state index is -0.544. The van der Waals surface area contributed by atoms with Crippen molar-refractivity contribution in [2.75, 3.05) is 0 Å². The van der Waals surface area contributed by atoms with Gasteiger partial charge < -0.3 is 0 Å². The number of carbonyl (C=O) groups is 2. The maximum Gasteiger partial charge on any atom is 0.245 e. The maximum absolute atomic E-state index is 10.1. The van der Waals surface area contributed by atoms with Crippen molar-refractivity contribution in [3.05, 3.63) is 36.5 Å². The van der Waals surface area contributed by atoms with Crippen LogP contribution in [0.15, 0.2) is 36.5 Å². The first-order valence-corrected chi connectivity index (χ1v) is 3.79. The van der Waals surface area contributed by atoms with E-state index in [1.54, 1.807) is 12.2 Å². The Bertz CT molecular complexity index is 226. The van der Waals surface area contributed by atoms with Crippen LogP contribution >= 0.6 is 23.2 Å². The molecule has 0 bridgehead atoms. The summed E-state index contributed by atoms with van der Waals surface area (Å²) in [6.45, 7) is 0. The highest BCUT2D eigenvalue weighted by molar-refractivity contribution is 6.66. The van der Waals surface area contributed by atoms with Gasteiger partial charge in [-0.05, 0) is 35.4 Å². The lowest BCUT2D eigenvalue weighted by molar-refractivity contribution is -0.108. The van der Waals surface area contributed by atoms with Gasteiger partial charge in [0.2, 0.25) is 10.5 Å². The van der Waals surface area contributed by atoms with Gasteiger partial charge in [0.15, 0.2) is 0 Å². The molecule has 0 spiro atoms. The summed E-state index contributed by atoms with van der Waals surface area (Å²) in [4.78, 5) is 20.3. The molecule has 0 unspecified atom stereocenters. The zero-order chi connectivity index (χ0) is 9.40. The summed E-state index contributed by atoms with van der Waals surface area (Å²) in [5.41, 5.74) is 0. The van der Waals surface area contributed by atoms with E-state index in [-0.39, 0.29) is 0 Å². The molecule has 0 heterocycles. The van der Waals surface area contributed by atoms with Crippen molar-refractivity contribution in [3.63, 3.8) is 0 Å². The Morgan fingerprint density at radius 2 is 1.08 bits per heavy atom. The number of hydrogen-bond acceptors (Lipinski definition) is 2. The third-order valence-corrected chi connectivity index (χ3v) is 1.04. The lowest BCUT2D eigenvalue weighted by Crippen LogP contribution is -1.73. The van der Waals surface area contributed by atoms with Crippen molar-refractivity contribution in [2.24, 2.45) is 0 Å². The fourth-order valence-corrected chi connectivity index (χ4v) is 0.536. The number of halogens is 2. The smallest absolute Gasteiger partial charge is 0.245 e. The van der Waals surface area contributed by atoms with Crippen molar-refractivity contribution in [3.8, 4) is 0 Å². The average Bonchev–Trinajstić information content (AvgIpc) is 1.95. The fourth-order valence-electron chi connectivity index (χ4n) is 0.391. The molecule has 0 N–H and O–H groups in total. The SMILES string of the molecule is O=C(Cl)/C=C/C=C/C=C/C(=O)Cl. The Morgan fingerprint density at radius 1 is 0.750 bits per heavy atom. The van der Waals surface area contributed by atoms with Gasteiger partial charge in [-0.1, -0.05) is 24.3 Å². The highest BCUT2D eigenvalue weighted by Crippen LogP contribution is 1.86. The van der Waals surface area contributed by atoms with Crippen LogP contribution < -0.4 is 0 Å². The lowest BCUT2D eigenvalue weighted by atomic mass is 10.4. The number of hydrogen-bond donors (Lipinski definition) is 0. The Hall–Kier alpha value is -0.860. The van der Waals surface area contributed by atoms with Crippen molar-refractivity contribution >= 4 is 33.7 Å². The van der Waals surface area contributed by atoms with Crippen LogP contribution in [-0.4, -0.2) is 10.5 Å². The minimum Gasteiger partial charge on any atom is -0.276 e.